The van der Waals surface area contributed by atoms with E-state index in [9.17, 15) is 14.4 Å². The molecule has 1 aliphatic heterocycles. The maximum atomic E-state index is 11.7. The van der Waals surface area contributed by atoms with Crippen LogP contribution in [-0.4, -0.2) is 34.0 Å². The molecule has 0 radical (unpaired) electrons. The molecule has 1 fully saturated rings. The van der Waals surface area contributed by atoms with E-state index in [2.05, 4.69) is 10.6 Å². The van der Waals surface area contributed by atoms with Gasteiger partial charge in [0.25, 0.3) is 5.24 Å². The van der Waals surface area contributed by atoms with Crippen LogP contribution in [0.2, 0.25) is 0 Å². The predicted octanol–water partition coefficient (Wildman–Crippen LogP) is 1.21. The number of carbonyl (C=O) groups is 3. The average molecular weight is 272 g/mol. The molecule has 0 aromatic carbocycles. The second kappa shape index (κ2) is 4.76. The van der Waals surface area contributed by atoms with Crippen LogP contribution in [0.15, 0.2) is 12.1 Å². The van der Waals surface area contributed by atoms with E-state index in [-0.39, 0.29) is 16.0 Å². The molecule has 1 aromatic heterocycles. The first-order chi connectivity index (χ1) is 8.06. The predicted molar refractivity (Wildman–Crippen MR) is 64.7 cm³/mol. The molecular weight excluding hydrogens is 264 g/mol. The number of nitrogens with one attached hydrogen (secondary N) is 2. The molecule has 3 N–H and O–H groups in total. The first-order valence-corrected chi connectivity index (χ1v) is 6.44. The van der Waals surface area contributed by atoms with E-state index in [4.69, 9.17) is 5.11 Å². The van der Waals surface area contributed by atoms with Crippen LogP contribution in [0.25, 0.3) is 0 Å². The van der Waals surface area contributed by atoms with Crippen molar-refractivity contribution in [3.8, 4) is 0 Å². The van der Waals surface area contributed by atoms with Crippen LogP contribution in [0, 0.1) is 0 Å². The lowest BCUT2D eigenvalue weighted by atomic mass is 10.3. The summed E-state index contributed by atoms with van der Waals surface area (Å²) >= 11 is 2.03. The number of carboxylic acid groups (broad SMARTS) is 1. The van der Waals surface area contributed by atoms with Gasteiger partial charge in [-0.25, -0.2) is 4.79 Å². The highest BCUT2D eigenvalue weighted by Crippen LogP contribution is 2.22. The summed E-state index contributed by atoms with van der Waals surface area (Å²) in [4.78, 5) is 33.4. The monoisotopic (exact) mass is 272 g/mol. The van der Waals surface area contributed by atoms with Gasteiger partial charge in [-0.3, -0.25) is 9.59 Å². The number of thiophene rings is 1. The molecule has 1 saturated heterocycles. The van der Waals surface area contributed by atoms with Gasteiger partial charge in [-0.05, 0) is 12.1 Å². The first kappa shape index (κ1) is 11.9. The molecule has 6 nitrogen and oxygen atoms in total. The molecule has 17 heavy (non-hydrogen) atoms. The van der Waals surface area contributed by atoms with E-state index in [1.807, 2.05) is 0 Å². The Kier molecular flexibility index (Phi) is 3.34. The Hall–Kier alpha value is -1.54. The van der Waals surface area contributed by atoms with Gasteiger partial charge in [0.05, 0.1) is 5.00 Å². The summed E-state index contributed by atoms with van der Waals surface area (Å²) in [6.07, 6.45) is 0. The van der Waals surface area contributed by atoms with E-state index in [1.165, 1.54) is 12.1 Å². The van der Waals surface area contributed by atoms with E-state index in [0.29, 0.717) is 10.8 Å². The fraction of sp³-hybridized carbons (Fsp3) is 0.222. The highest BCUT2D eigenvalue weighted by molar-refractivity contribution is 8.14. The lowest BCUT2D eigenvalue weighted by Crippen LogP contribution is -2.38. The molecule has 2 rings (SSSR count). The molecule has 0 aliphatic carbocycles. The zero-order valence-corrected chi connectivity index (χ0v) is 10.1. The van der Waals surface area contributed by atoms with Crippen LogP contribution in [0.5, 0.6) is 0 Å². The van der Waals surface area contributed by atoms with Crippen molar-refractivity contribution >= 4 is 45.2 Å². The summed E-state index contributed by atoms with van der Waals surface area (Å²) in [5.41, 5.74) is 0. The zero-order valence-electron chi connectivity index (χ0n) is 8.43. The third-order valence-electron chi connectivity index (χ3n) is 2.05. The summed E-state index contributed by atoms with van der Waals surface area (Å²) < 4.78 is 0. The average Bonchev–Trinajstić information content (AvgIpc) is 2.86. The summed E-state index contributed by atoms with van der Waals surface area (Å²) in [6.45, 7) is 0. The number of anilines is 1. The second-order valence-electron chi connectivity index (χ2n) is 3.25. The van der Waals surface area contributed by atoms with Crippen molar-refractivity contribution in [2.75, 3.05) is 11.1 Å². The molecule has 0 bridgehead atoms. The highest BCUT2D eigenvalue weighted by Gasteiger charge is 2.28. The van der Waals surface area contributed by atoms with E-state index in [0.717, 1.165) is 23.1 Å². The molecule has 90 valence electrons. The fourth-order valence-corrected chi connectivity index (χ4v) is 2.78. The Balaban J connectivity index is 1.98. The summed E-state index contributed by atoms with van der Waals surface area (Å²) in [6, 6.07) is 2.39. The van der Waals surface area contributed by atoms with Gasteiger partial charge >= 0.3 is 5.97 Å². The van der Waals surface area contributed by atoms with Crippen LogP contribution in [0.1, 0.15) is 9.67 Å². The Morgan fingerprint density at radius 1 is 1.47 bits per heavy atom. The number of hydrogen-bond acceptors (Lipinski definition) is 5. The smallest absolute Gasteiger partial charge is 0.345 e. The van der Waals surface area contributed by atoms with E-state index in [1.54, 1.807) is 0 Å². The van der Waals surface area contributed by atoms with Gasteiger partial charge in [0.2, 0.25) is 5.91 Å². The van der Waals surface area contributed by atoms with Crippen molar-refractivity contribution in [3.05, 3.63) is 17.0 Å². The summed E-state index contributed by atoms with van der Waals surface area (Å²) in [5, 5.41) is 14.0. The molecule has 1 aliphatic rings. The molecule has 8 heteroatoms. The zero-order chi connectivity index (χ0) is 12.4. The summed E-state index contributed by atoms with van der Waals surface area (Å²) in [5.74, 6) is -0.968. The number of carboxylic acids is 1. The van der Waals surface area contributed by atoms with Gasteiger partial charge in [0.1, 0.15) is 10.9 Å². The van der Waals surface area contributed by atoms with E-state index < -0.39 is 12.0 Å². The maximum Gasteiger partial charge on any atom is 0.345 e. The SMILES string of the molecule is O=C1NC(C(=O)Nc2ccc(C(=O)O)s2)CS1. The Morgan fingerprint density at radius 3 is 2.76 bits per heavy atom. The molecule has 0 saturated carbocycles. The van der Waals surface area contributed by atoms with Crippen LogP contribution in [0.4, 0.5) is 9.80 Å². The van der Waals surface area contributed by atoms with Crippen molar-refractivity contribution in [1.82, 2.24) is 5.32 Å². The van der Waals surface area contributed by atoms with Crippen LogP contribution >= 0.6 is 23.1 Å². The quantitative estimate of drug-likeness (QED) is 0.768. The minimum Gasteiger partial charge on any atom is -0.477 e. The Morgan fingerprint density at radius 2 is 2.24 bits per heavy atom. The van der Waals surface area contributed by atoms with Gasteiger partial charge in [0.15, 0.2) is 0 Å². The van der Waals surface area contributed by atoms with Crippen LogP contribution in [-0.2, 0) is 4.79 Å². The minimum absolute atomic E-state index is 0.158. The number of hydrogen-bond donors (Lipinski definition) is 3. The molecule has 2 amide bonds. The van der Waals surface area contributed by atoms with Gasteiger partial charge < -0.3 is 15.7 Å². The van der Waals surface area contributed by atoms with Crippen LogP contribution in [0.3, 0.4) is 0 Å². The number of rotatable bonds is 3. The minimum atomic E-state index is -1.03. The Bertz CT molecular complexity index is 485. The molecular formula is C9H8N2O4S2. The number of carbonyl (C=O) groups excluding carboxylic acids is 2. The highest BCUT2D eigenvalue weighted by atomic mass is 32.2. The number of aromatic carboxylic acids is 1. The lowest BCUT2D eigenvalue weighted by Gasteiger charge is -2.07. The lowest BCUT2D eigenvalue weighted by molar-refractivity contribution is -0.117. The normalized spacial score (nSPS) is 18.8. The first-order valence-electron chi connectivity index (χ1n) is 4.63. The van der Waals surface area contributed by atoms with Gasteiger partial charge in [-0.1, -0.05) is 11.8 Å². The van der Waals surface area contributed by atoms with E-state index >= 15 is 0 Å². The van der Waals surface area contributed by atoms with Gasteiger partial charge in [-0.2, -0.15) is 0 Å². The van der Waals surface area contributed by atoms with Crippen molar-refractivity contribution < 1.29 is 19.5 Å². The maximum absolute atomic E-state index is 11.7. The van der Waals surface area contributed by atoms with Gasteiger partial charge in [-0.15, -0.1) is 11.3 Å². The number of thioether (sulfide) groups is 1. The molecule has 2 heterocycles. The topological polar surface area (TPSA) is 95.5 Å². The standard InChI is InChI=1S/C9H8N2O4S2/c12-7(4-3-16-9(15)10-4)11-6-2-1-5(17-6)8(13)14/h1-2,4H,3H2,(H,10,15)(H,11,12)(H,13,14). The van der Waals surface area contributed by atoms with Gasteiger partial charge in [0, 0.05) is 5.75 Å². The van der Waals surface area contributed by atoms with Crippen molar-refractivity contribution in [3.63, 3.8) is 0 Å². The van der Waals surface area contributed by atoms with Crippen LogP contribution < -0.4 is 10.6 Å². The molecule has 0 spiro atoms. The fourth-order valence-electron chi connectivity index (χ4n) is 1.25. The van der Waals surface area contributed by atoms with Crippen molar-refractivity contribution in [2.24, 2.45) is 0 Å². The molecule has 1 atom stereocenters. The van der Waals surface area contributed by atoms with Crippen molar-refractivity contribution in [2.45, 2.75) is 6.04 Å². The second-order valence-corrected chi connectivity index (χ2v) is 5.33. The third kappa shape index (κ3) is 2.77. The molecule has 1 unspecified atom stereocenters. The third-order valence-corrected chi connectivity index (χ3v) is 3.92. The Labute approximate surface area is 104 Å². The molecule has 1 aromatic rings. The number of amides is 2. The summed E-state index contributed by atoms with van der Waals surface area (Å²) in [7, 11) is 0. The largest absolute Gasteiger partial charge is 0.477 e. The van der Waals surface area contributed by atoms with Crippen molar-refractivity contribution in [1.29, 1.82) is 0 Å².